The van der Waals surface area contributed by atoms with Crippen molar-refractivity contribution >= 4 is 38.3 Å². The number of fused-ring (bicyclic) bond motifs is 1. The second-order valence-electron chi connectivity index (χ2n) is 2.46. The molecule has 0 aliphatic carbocycles. The molecule has 0 atom stereocenters. The van der Waals surface area contributed by atoms with Gasteiger partial charge in [-0.3, -0.25) is 0 Å². The first-order chi connectivity index (χ1) is 6.20. The normalized spacial score (nSPS) is 10.2. The van der Waals surface area contributed by atoms with Gasteiger partial charge in [0.2, 0.25) is 0 Å². The van der Waals surface area contributed by atoms with Gasteiger partial charge in [0.1, 0.15) is 6.07 Å². The van der Waals surface area contributed by atoms with E-state index in [2.05, 4.69) is 4.98 Å². The van der Waals surface area contributed by atoms with Crippen LogP contribution >= 0.6 is 22.9 Å². The Bertz CT molecular complexity index is 512. The molecule has 1 aromatic heterocycles. The zero-order valence-corrected chi connectivity index (χ0v) is 7.99. The highest BCUT2D eigenvalue weighted by molar-refractivity contribution is 7.22. The summed E-state index contributed by atoms with van der Waals surface area (Å²) in [5.74, 6) is 0. The standard InChI is InChI=1S/C8H4ClN3S/c9-5-2-7-6(1-4(5)3-10)12-8(11)13-7/h1-2H,(H2,11,12). The highest BCUT2D eigenvalue weighted by Gasteiger charge is 2.05. The average molecular weight is 210 g/mol. The molecule has 13 heavy (non-hydrogen) atoms. The number of anilines is 1. The van der Waals surface area contributed by atoms with Gasteiger partial charge in [-0.2, -0.15) is 5.26 Å². The fourth-order valence-electron chi connectivity index (χ4n) is 1.05. The number of nitriles is 1. The van der Waals surface area contributed by atoms with Crippen LogP contribution < -0.4 is 5.73 Å². The second-order valence-corrected chi connectivity index (χ2v) is 3.93. The molecule has 3 nitrogen and oxygen atoms in total. The van der Waals surface area contributed by atoms with Gasteiger partial charge in [0.25, 0.3) is 0 Å². The number of nitrogens with two attached hydrogens (primary N) is 1. The van der Waals surface area contributed by atoms with E-state index in [9.17, 15) is 0 Å². The zero-order chi connectivity index (χ0) is 9.42. The highest BCUT2D eigenvalue weighted by atomic mass is 35.5. The molecule has 5 heteroatoms. The fraction of sp³-hybridized carbons (Fsp3) is 0. The fourth-order valence-corrected chi connectivity index (χ4v) is 2.08. The van der Waals surface area contributed by atoms with Crippen LogP contribution in [-0.4, -0.2) is 4.98 Å². The molecule has 1 aromatic carbocycles. The van der Waals surface area contributed by atoms with E-state index in [4.69, 9.17) is 22.6 Å². The number of halogens is 1. The van der Waals surface area contributed by atoms with Crippen molar-refractivity contribution in [3.8, 4) is 6.07 Å². The van der Waals surface area contributed by atoms with Gasteiger partial charge in [0.05, 0.1) is 20.8 Å². The van der Waals surface area contributed by atoms with Crippen LogP contribution in [0.3, 0.4) is 0 Å². The molecule has 0 bridgehead atoms. The molecular formula is C8H4ClN3S. The lowest BCUT2D eigenvalue weighted by Gasteiger charge is -1.92. The number of hydrogen-bond donors (Lipinski definition) is 1. The Morgan fingerprint density at radius 1 is 1.54 bits per heavy atom. The van der Waals surface area contributed by atoms with Crippen LogP contribution in [0.4, 0.5) is 5.13 Å². The van der Waals surface area contributed by atoms with Gasteiger partial charge in [-0.15, -0.1) is 0 Å². The Labute approximate surface area is 83.4 Å². The van der Waals surface area contributed by atoms with Gasteiger partial charge in [-0.1, -0.05) is 22.9 Å². The van der Waals surface area contributed by atoms with E-state index >= 15 is 0 Å². The van der Waals surface area contributed by atoms with Gasteiger partial charge in [0.15, 0.2) is 5.13 Å². The number of hydrogen-bond acceptors (Lipinski definition) is 4. The predicted octanol–water partition coefficient (Wildman–Crippen LogP) is 2.40. The van der Waals surface area contributed by atoms with E-state index in [-0.39, 0.29) is 0 Å². The SMILES string of the molecule is N#Cc1cc2nc(N)sc2cc1Cl. The minimum absolute atomic E-state index is 0.430. The van der Waals surface area contributed by atoms with Crippen molar-refractivity contribution in [2.45, 2.75) is 0 Å². The topological polar surface area (TPSA) is 62.7 Å². The molecular weight excluding hydrogens is 206 g/mol. The van der Waals surface area contributed by atoms with Crippen LogP contribution in [0, 0.1) is 11.3 Å². The van der Waals surface area contributed by atoms with Crippen LogP contribution in [0.5, 0.6) is 0 Å². The van der Waals surface area contributed by atoms with Gasteiger partial charge in [-0.25, -0.2) is 4.98 Å². The van der Waals surface area contributed by atoms with Crippen molar-refractivity contribution in [2.75, 3.05) is 5.73 Å². The van der Waals surface area contributed by atoms with E-state index in [0.717, 1.165) is 10.2 Å². The number of nitrogen functional groups attached to an aromatic ring is 1. The minimum atomic E-state index is 0.430. The van der Waals surface area contributed by atoms with Gasteiger partial charge in [0, 0.05) is 0 Å². The van der Waals surface area contributed by atoms with E-state index < -0.39 is 0 Å². The summed E-state index contributed by atoms with van der Waals surface area (Å²) in [7, 11) is 0. The van der Waals surface area contributed by atoms with Crippen molar-refractivity contribution in [1.29, 1.82) is 5.26 Å². The molecule has 64 valence electrons. The molecule has 0 fully saturated rings. The average Bonchev–Trinajstić information content (AvgIpc) is 2.42. The number of thiazole rings is 1. The Morgan fingerprint density at radius 3 is 3.00 bits per heavy atom. The maximum atomic E-state index is 8.69. The molecule has 0 amide bonds. The summed E-state index contributed by atoms with van der Waals surface area (Å²) in [6.07, 6.45) is 0. The quantitative estimate of drug-likeness (QED) is 0.725. The summed E-state index contributed by atoms with van der Waals surface area (Å²) in [4.78, 5) is 4.05. The lowest BCUT2D eigenvalue weighted by atomic mass is 10.2. The van der Waals surface area contributed by atoms with Crippen molar-refractivity contribution in [1.82, 2.24) is 4.98 Å². The van der Waals surface area contributed by atoms with Crippen LogP contribution in [0.2, 0.25) is 5.02 Å². The highest BCUT2D eigenvalue weighted by Crippen LogP contribution is 2.28. The van der Waals surface area contributed by atoms with Crippen molar-refractivity contribution in [2.24, 2.45) is 0 Å². The van der Waals surface area contributed by atoms with Crippen LogP contribution in [-0.2, 0) is 0 Å². The Morgan fingerprint density at radius 2 is 2.31 bits per heavy atom. The summed E-state index contributed by atoms with van der Waals surface area (Å²) in [5.41, 5.74) is 6.67. The third-order valence-electron chi connectivity index (χ3n) is 1.61. The van der Waals surface area contributed by atoms with E-state index in [1.165, 1.54) is 11.3 Å². The molecule has 0 spiro atoms. The number of aromatic nitrogens is 1. The number of nitrogens with zero attached hydrogens (tertiary/aromatic N) is 2. The maximum absolute atomic E-state index is 8.69. The molecule has 2 N–H and O–H groups in total. The monoisotopic (exact) mass is 209 g/mol. The van der Waals surface area contributed by atoms with Crippen LogP contribution in [0.25, 0.3) is 10.2 Å². The summed E-state index contributed by atoms with van der Waals surface area (Å²) in [6.45, 7) is 0. The first kappa shape index (κ1) is 8.30. The Kier molecular flexibility index (Phi) is 1.83. The maximum Gasteiger partial charge on any atom is 0.181 e. The second kappa shape index (κ2) is 2.87. The molecule has 2 aromatic rings. The lowest BCUT2D eigenvalue weighted by Crippen LogP contribution is -1.80. The smallest absolute Gasteiger partial charge is 0.181 e. The minimum Gasteiger partial charge on any atom is -0.375 e. The number of benzene rings is 1. The first-order valence-electron chi connectivity index (χ1n) is 3.46. The Balaban J connectivity index is 2.82. The molecule has 2 rings (SSSR count). The third-order valence-corrected chi connectivity index (χ3v) is 2.77. The molecule has 0 radical (unpaired) electrons. The zero-order valence-electron chi connectivity index (χ0n) is 6.41. The van der Waals surface area contributed by atoms with E-state index in [1.807, 2.05) is 6.07 Å². The Hall–Kier alpha value is -1.31. The van der Waals surface area contributed by atoms with Gasteiger partial charge >= 0.3 is 0 Å². The molecule has 0 unspecified atom stereocenters. The lowest BCUT2D eigenvalue weighted by molar-refractivity contribution is 1.46. The molecule has 0 saturated carbocycles. The summed E-state index contributed by atoms with van der Waals surface area (Å²) in [6, 6.07) is 5.34. The van der Waals surface area contributed by atoms with Crippen LogP contribution in [0.15, 0.2) is 12.1 Å². The summed E-state index contributed by atoms with van der Waals surface area (Å²) < 4.78 is 0.904. The largest absolute Gasteiger partial charge is 0.375 e. The van der Waals surface area contributed by atoms with E-state index in [1.54, 1.807) is 12.1 Å². The summed E-state index contributed by atoms with van der Waals surface area (Å²) >= 11 is 7.19. The third kappa shape index (κ3) is 1.32. The predicted molar refractivity (Wildman–Crippen MR) is 53.8 cm³/mol. The first-order valence-corrected chi connectivity index (χ1v) is 4.66. The summed E-state index contributed by atoms with van der Waals surface area (Å²) in [5, 5.41) is 9.63. The number of rotatable bonds is 0. The molecule has 0 saturated heterocycles. The molecule has 0 aliphatic heterocycles. The van der Waals surface area contributed by atoms with Crippen LogP contribution in [0.1, 0.15) is 5.56 Å². The van der Waals surface area contributed by atoms with E-state index in [0.29, 0.717) is 15.7 Å². The van der Waals surface area contributed by atoms with Crippen molar-refractivity contribution in [3.05, 3.63) is 22.7 Å². The van der Waals surface area contributed by atoms with Crippen molar-refractivity contribution < 1.29 is 0 Å². The van der Waals surface area contributed by atoms with Gasteiger partial charge in [-0.05, 0) is 12.1 Å². The molecule has 0 aliphatic rings. The van der Waals surface area contributed by atoms with Crippen molar-refractivity contribution in [3.63, 3.8) is 0 Å². The molecule has 1 heterocycles. The van der Waals surface area contributed by atoms with Gasteiger partial charge < -0.3 is 5.73 Å².